The molecule has 1 atom stereocenters. The topological polar surface area (TPSA) is 96.5 Å². The van der Waals surface area contributed by atoms with Gasteiger partial charge in [0.25, 0.3) is 0 Å². The zero-order valence-corrected chi connectivity index (χ0v) is 10.1. The highest BCUT2D eigenvalue weighted by Gasteiger charge is 2.30. The van der Waals surface area contributed by atoms with Crippen LogP contribution in [0, 0.1) is 0 Å². The Labute approximate surface area is 100 Å². The Kier molecular flexibility index (Phi) is 3.32. The fourth-order valence-electron chi connectivity index (χ4n) is 1.88. The van der Waals surface area contributed by atoms with Gasteiger partial charge in [-0.3, -0.25) is 4.98 Å². The van der Waals surface area contributed by atoms with Crippen LogP contribution in [0.4, 0.5) is 5.69 Å². The van der Waals surface area contributed by atoms with Crippen LogP contribution in [0.5, 0.6) is 0 Å². The standard InChI is InChI=1S/C10H15N3O3S/c11-9-3-4-12-6-10(9)17(15,16)13-5-1-2-8(14)7-13/h3-4,6,8,14H,1-2,5,7H2,(H2,11,12). The van der Waals surface area contributed by atoms with E-state index >= 15 is 0 Å². The van der Waals surface area contributed by atoms with Crippen LogP contribution < -0.4 is 5.73 Å². The summed E-state index contributed by atoms with van der Waals surface area (Å²) in [6.45, 7) is 0.532. The molecule has 0 radical (unpaired) electrons. The average Bonchev–Trinajstić information content (AvgIpc) is 2.29. The molecule has 1 aliphatic rings. The summed E-state index contributed by atoms with van der Waals surface area (Å²) >= 11 is 0. The van der Waals surface area contributed by atoms with Crippen LogP contribution in [0.1, 0.15) is 12.8 Å². The molecule has 1 aromatic heterocycles. The van der Waals surface area contributed by atoms with Gasteiger partial charge in [0.05, 0.1) is 11.8 Å². The number of β-amino-alcohol motifs (C(OH)–C–C–N with tert-alkyl or cyclic N) is 1. The van der Waals surface area contributed by atoms with E-state index in [1.165, 1.54) is 22.8 Å². The summed E-state index contributed by atoms with van der Waals surface area (Å²) in [7, 11) is -3.64. The zero-order valence-electron chi connectivity index (χ0n) is 9.28. The molecule has 2 rings (SSSR count). The molecular formula is C10H15N3O3S. The Bertz CT molecular complexity index is 503. The van der Waals surface area contributed by atoms with E-state index in [0.29, 0.717) is 19.4 Å². The van der Waals surface area contributed by atoms with Crippen molar-refractivity contribution in [2.75, 3.05) is 18.8 Å². The van der Waals surface area contributed by atoms with Crippen molar-refractivity contribution in [3.05, 3.63) is 18.5 Å². The van der Waals surface area contributed by atoms with Crippen LogP contribution in [0.15, 0.2) is 23.4 Å². The quantitative estimate of drug-likeness (QED) is 0.765. The number of aromatic nitrogens is 1. The van der Waals surface area contributed by atoms with Crippen LogP contribution in [-0.2, 0) is 10.0 Å². The lowest BCUT2D eigenvalue weighted by Crippen LogP contribution is -2.42. The van der Waals surface area contributed by atoms with E-state index in [-0.39, 0.29) is 17.1 Å². The normalized spacial score (nSPS) is 22.5. The second kappa shape index (κ2) is 4.59. The van der Waals surface area contributed by atoms with Crippen LogP contribution in [0.2, 0.25) is 0 Å². The largest absolute Gasteiger partial charge is 0.398 e. The minimum absolute atomic E-state index is 0.00843. The van der Waals surface area contributed by atoms with Crippen molar-refractivity contribution in [3.63, 3.8) is 0 Å². The summed E-state index contributed by atoms with van der Waals surface area (Å²) in [4.78, 5) is 3.79. The SMILES string of the molecule is Nc1ccncc1S(=O)(=O)N1CCCC(O)C1. The molecule has 1 saturated heterocycles. The molecule has 0 aromatic carbocycles. The molecule has 1 fully saturated rings. The molecule has 2 heterocycles. The van der Waals surface area contributed by atoms with E-state index in [9.17, 15) is 13.5 Å². The molecule has 6 nitrogen and oxygen atoms in total. The maximum Gasteiger partial charge on any atom is 0.246 e. The molecule has 3 N–H and O–H groups in total. The first-order valence-corrected chi connectivity index (χ1v) is 6.83. The first kappa shape index (κ1) is 12.3. The molecule has 0 saturated carbocycles. The van der Waals surface area contributed by atoms with Gasteiger partial charge in [0.1, 0.15) is 4.90 Å². The number of rotatable bonds is 2. The van der Waals surface area contributed by atoms with Gasteiger partial charge >= 0.3 is 0 Å². The number of hydrogen-bond donors (Lipinski definition) is 2. The molecule has 17 heavy (non-hydrogen) atoms. The summed E-state index contributed by atoms with van der Waals surface area (Å²) in [6, 6.07) is 1.45. The molecule has 0 amide bonds. The smallest absolute Gasteiger partial charge is 0.246 e. The molecule has 0 aliphatic carbocycles. The molecule has 0 bridgehead atoms. The van der Waals surface area contributed by atoms with Crippen LogP contribution in [-0.4, -0.2) is 42.0 Å². The highest BCUT2D eigenvalue weighted by Crippen LogP contribution is 2.23. The Hall–Kier alpha value is -1.18. The summed E-state index contributed by atoms with van der Waals surface area (Å²) in [6.07, 6.45) is 3.37. The number of nitrogens with two attached hydrogens (primary N) is 1. The number of nitrogen functional groups attached to an aromatic ring is 1. The van der Waals surface area contributed by atoms with Crippen molar-refractivity contribution in [2.45, 2.75) is 23.8 Å². The van der Waals surface area contributed by atoms with Crippen molar-refractivity contribution in [3.8, 4) is 0 Å². The van der Waals surface area contributed by atoms with E-state index < -0.39 is 16.1 Å². The monoisotopic (exact) mass is 257 g/mol. The molecule has 1 aliphatic heterocycles. The molecular weight excluding hydrogens is 242 g/mol. The van der Waals surface area contributed by atoms with E-state index in [0.717, 1.165) is 0 Å². The third-order valence-electron chi connectivity index (χ3n) is 2.79. The number of anilines is 1. The summed E-state index contributed by atoms with van der Waals surface area (Å²) in [5.74, 6) is 0. The third kappa shape index (κ3) is 2.41. The van der Waals surface area contributed by atoms with Crippen molar-refractivity contribution in [2.24, 2.45) is 0 Å². The second-order valence-corrected chi connectivity index (χ2v) is 5.98. The number of sulfonamides is 1. The summed E-state index contributed by atoms with van der Waals surface area (Å²) in [5.41, 5.74) is 5.82. The lowest BCUT2D eigenvalue weighted by molar-refractivity contribution is 0.108. The van der Waals surface area contributed by atoms with Gasteiger partial charge in [-0.2, -0.15) is 4.31 Å². The van der Waals surface area contributed by atoms with Crippen LogP contribution >= 0.6 is 0 Å². The summed E-state index contributed by atoms with van der Waals surface area (Å²) < 4.78 is 25.8. The van der Waals surface area contributed by atoms with Gasteiger partial charge < -0.3 is 10.8 Å². The number of aliphatic hydroxyl groups is 1. The number of nitrogens with zero attached hydrogens (tertiary/aromatic N) is 2. The number of piperidine rings is 1. The predicted octanol–water partition coefficient (Wildman–Crippen LogP) is -0.191. The van der Waals surface area contributed by atoms with Gasteiger partial charge in [0, 0.05) is 25.5 Å². The van der Waals surface area contributed by atoms with Gasteiger partial charge in [0.15, 0.2) is 0 Å². The molecule has 7 heteroatoms. The molecule has 0 spiro atoms. The van der Waals surface area contributed by atoms with Crippen molar-refractivity contribution in [1.82, 2.24) is 9.29 Å². The minimum atomic E-state index is -3.64. The van der Waals surface area contributed by atoms with Gasteiger partial charge in [-0.1, -0.05) is 0 Å². The highest BCUT2D eigenvalue weighted by molar-refractivity contribution is 7.89. The van der Waals surface area contributed by atoms with Gasteiger partial charge in [-0.15, -0.1) is 0 Å². The van der Waals surface area contributed by atoms with Gasteiger partial charge in [-0.25, -0.2) is 8.42 Å². The first-order valence-electron chi connectivity index (χ1n) is 5.39. The highest BCUT2D eigenvalue weighted by atomic mass is 32.2. The molecule has 1 unspecified atom stereocenters. The fourth-order valence-corrected chi connectivity index (χ4v) is 3.46. The van der Waals surface area contributed by atoms with E-state index in [2.05, 4.69) is 4.98 Å². The van der Waals surface area contributed by atoms with E-state index in [1.807, 2.05) is 0 Å². The van der Waals surface area contributed by atoms with Crippen LogP contribution in [0.25, 0.3) is 0 Å². The first-order chi connectivity index (χ1) is 8.01. The van der Waals surface area contributed by atoms with E-state index in [4.69, 9.17) is 5.73 Å². The molecule has 94 valence electrons. The Morgan fingerprint density at radius 3 is 2.94 bits per heavy atom. The summed E-state index contributed by atoms with van der Waals surface area (Å²) in [5, 5.41) is 9.51. The average molecular weight is 257 g/mol. The van der Waals surface area contributed by atoms with Crippen molar-refractivity contribution >= 4 is 15.7 Å². The fraction of sp³-hybridized carbons (Fsp3) is 0.500. The number of pyridine rings is 1. The number of aliphatic hydroxyl groups excluding tert-OH is 1. The third-order valence-corrected chi connectivity index (χ3v) is 4.70. The Morgan fingerprint density at radius 1 is 1.53 bits per heavy atom. The maximum absolute atomic E-state index is 12.2. The lowest BCUT2D eigenvalue weighted by Gasteiger charge is -2.29. The lowest BCUT2D eigenvalue weighted by atomic mass is 10.1. The Morgan fingerprint density at radius 2 is 2.29 bits per heavy atom. The predicted molar refractivity (Wildman–Crippen MR) is 62.6 cm³/mol. The zero-order chi connectivity index (χ0) is 12.5. The van der Waals surface area contributed by atoms with E-state index in [1.54, 1.807) is 0 Å². The number of hydrogen-bond acceptors (Lipinski definition) is 5. The maximum atomic E-state index is 12.2. The second-order valence-electron chi connectivity index (χ2n) is 4.07. The van der Waals surface area contributed by atoms with Crippen LogP contribution in [0.3, 0.4) is 0 Å². The minimum Gasteiger partial charge on any atom is -0.398 e. The van der Waals surface area contributed by atoms with Crippen molar-refractivity contribution < 1.29 is 13.5 Å². The Balaban J connectivity index is 2.33. The van der Waals surface area contributed by atoms with Gasteiger partial charge in [-0.05, 0) is 18.9 Å². The molecule has 1 aromatic rings. The van der Waals surface area contributed by atoms with Crippen molar-refractivity contribution in [1.29, 1.82) is 0 Å². The van der Waals surface area contributed by atoms with Gasteiger partial charge in [0.2, 0.25) is 10.0 Å².